The smallest absolute Gasteiger partial charge is 0.135 e. The Morgan fingerprint density at radius 1 is 1.25 bits per heavy atom. The van der Waals surface area contributed by atoms with Crippen molar-refractivity contribution in [3.8, 4) is 0 Å². The zero-order valence-corrected chi connectivity index (χ0v) is 13.7. The molecule has 1 atom stereocenters. The third kappa shape index (κ3) is 3.47. The van der Waals surface area contributed by atoms with E-state index in [1.807, 2.05) is 9.47 Å². The topological polar surface area (TPSA) is 54.2 Å². The summed E-state index contributed by atoms with van der Waals surface area (Å²) in [5.41, 5.74) is -0.245. The minimum absolute atomic E-state index is 0.227. The molecule has 1 N–H and O–H groups in total. The van der Waals surface area contributed by atoms with Gasteiger partial charge >= 0.3 is 0 Å². The fourth-order valence-electron chi connectivity index (χ4n) is 3.36. The molecule has 3 rings (SSSR count). The molecule has 0 bridgehead atoms. The first kappa shape index (κ1) is 17.0. The molecule has 0 radical (unpaired) electrons. The molecule has 0 aliphatic carbocycles. The minimum atomic E-state index is -1.16. The molecule has 2 aromatic rings. The standard InChI is InChI=1S/C17H22F2N4O/c1-2-23-11-20-21-17(23)12-6-8-22(9-7-12)10-15(24)16-13(18)4-3-5-14(16)19/h3-5,11-12,15,24H,2,6-10H2,1H3. The van der Waals surface area contributed by atoms with Gasteiger partial charge in [0.05, 0.1) is 11.7 Å². The molecule has 1 unspecified atom stereocenters. The van der Waals surface area contributed by atoms with Gasteiger partial charge < -0.3 is 14.6 Å². The number of aliphatic hydroxyl groups is 1. The summed E-state index contributed by atoms with van der Waals surface area (Å²) in [5, 5.41) is 18.4. The van der Waals surface area contributed by atoms with Crippen molar-refractivity contribution in [2.75, 3.05) is 19.6 Å². The highest BCUT2D eigenvalue weighted by atomic mass is 19.1. The number of benzene rings is 1. The van der Waals surface area contributed by atoms with Crippen LogP contribution in [0, 0.1) is 11.6 Å². The Bertz CT molecular complexity index is 663. The first-order valence-corrected chi connectivity index (χ1v) is 8.32. The summed E-state index contributed by atoms with van der Waals surface area (Å²) >= 11 is 0. The molecule has 1 aliphatic heterocycles. The Labute approximate surface area is 139 Å². The average molecular weight is 336 g/mol. The third-order valence-corrected chi connectivity index (χ3v) is 4.70. The van der Waals surface area contributed by atoms with Crippen LogP contribution < -0.4 is 0 Å². The Morgan fingerprint density at radius 2 is 1.92 bits per heavy atom. The second-order valence-electron chi connectivity index (χ2n) is 6.20. The van der Waals surface area contributed by atoms with E-state index >= 15 is 0 Å². The number of likely N-dealkylation sites (tertiary alicyclic amines) is 1. The molecular formula is C17H22F2N4O. The van der Waals surface area contributed by atoms with Crippen molar-refractivity contribution in [3.05, 3.63) is 47.5 Å². The second-order valence-corrected chi connectivity index (χ2v) is 6.20. The van der Waals surface area contributed by atoms with Gasteiger partial charge in [-0.25, -0.2) is 8.78 Å². The van der Waals surface area contributed by atoms with Crippen LogP contribution >= 0.6 is 0 Å². The molecule has 1 aliphatic rings. The number of halogens is 2. The van der Waals surface area contributed by atoms with Crippen LogP contribution in [0.5, 0.6) is 0 Å². The van der Waals surface area contributed by atoms with Gasteiger partial charge in [-0.15, -0.1) is 10.2 Å². The van der Waals surface area contributed by atoms with E-state index in [0.717, 1.165) is 38.3 Å². The zero-order valence-electron chi connectivity index (χ0n) is 13.7. The van der Waals surface area contributed by atoms with E-state index in [9.17, 15) is 13.9 Å². The Kier molecular flexibility index (Phi) is 5.20. The molecule has 0 amide bonds. The predicted octanol–water partition coefficient (Wildman–Crippen LogP) is 2.49. The van der Waals surface area contributed by atoms with Crippen molar-refractivity contribution in [2.45, 2.75) is 38.3 Å². The molecule has 5 nitrogen and oxygen atoms in total. The summed E-state index contributed by atoms with van der Waals surface area (Å²) in [6, 6.07) is 3.65. The fourth-order valence-corrected chi connectivity index (χ4v) is 3.36. The van der Waals surface area contributed by atoms with Crippen LogP contribution in [0.15, 0.2) is 24.5 Å². The molecular weight excluding hydrogens is 314 g/mol. The van der Waals surface area contributed by atoms with E-state index in [0.29, 0.717) is 5.92 Å². The number of aromatic nitrogens is 3. The summed E-state index contributed by atoms with van der Waals surface area (Å²) in [6.45, 7) is 4.64. The van der Waals surface area contributed by atoms with Crippen LogP contribution in [-0.2, 0) is 6.54 Å². The van der Waals surface area contributed by atoms with Crippen molar-refractivity contribution >= 4 is 0 Å². The molecule has 0 spiro atoms. The highest BCUT2D eigenvalue weighted by Gasteiger charge is 2.27. The quantitative estimate of drug-likeness (QED) is 0.911. The maximum Gasteiger partial charge on any atom is 0.135 e. The van der Waals surface area contributed by atoms with Crippen molar-refractivity contribution in [1.82, 2.24) is 19.7 Å². The summed E-state index contributed by atoms with van der Waals surface area (Å²) in [6.07, 6.45) is 2.37. The van der Waals surface area contributed by atoms with Crippen LogP contribution in [0.3, 0.4) is 0 Å². The van der Waals surface area contributed by atoms with Gasteiger partial charge in [-0.05, 0) is 45.0 Å². The van der Waals surface area contributed by atoms with Crippen LogP contribution in [0.2, 0.25) is 0 Å². The number of aliphatic hydroxyl groups excluding tert-OH is 1. The summed E-state index contributed by atoms with van der Waals surface area (Å²) in [7, 11) is 0. The van der Waals surface area contributed by atoms with Gasteiger partial charge in [0, 0.05) is 19.0 Å². The van der Waals surface area contributed by atoms with Gasteiger partial charge in [0.15, 0.2) is 0 Å². The van der Waals surface area contributed by atoms with Crippen molar-refractivity contribution in [2.24, 2.45) is 0 Å². The van der Waals surface area contributed by atoms with E-state index in [-0.39, 0.29) is 12.1 Å². The van der Waals surface area contributed by atoms with E-state index in [1.165, 1.54) is 18.2 Å². The lowest BCUT2D eigenvalue weighted by Crippen LogP contribution is -2.36. The molecule has 24 heavy (non-hydrogen) atoms. The van der Waals surface area contributed by atoms with Gasteiger partial charge in [-0.1, -0.05) is 6.07 Å². The highest BCUT2D eigenvalue weighted by molar-refractivity contribution is 5.22. The van der Waals surface area contributed by atoms with E-state index in [2.05, 4.69) is 17.1 Å². The fraction of sp³-hybridized carbons (Fsp3) is 0.529. The second kappa shape index (κ2) is 7.36. The van der Waals surface area contributed by atoms with E-state index in [4.69, 9.17) is 0 Å². The minimum Gasteiger partial charge on any atom is -0.387 e. The number of hydrogen-bond acceptors (Lipinski definition) is 4. The third-order valence-electron chi connectivity index (χ3n) is 4.70. The normalized spacial score (nSPS) is 18.0. The molecule has 2 heterocycles. The summed E-state index contributed by atoms with van der Waals surface area (Å²) in [5.74, 6) is -0.0641. The van der Waals surface area contributed by atoms with Gasteiger partial charge in [-0.2, -0.15) is 0 Å². The molecule has 1 aromatic heterocycles. The monoisotopic (exact) mass is 336 g/mol. The van der Waals surface area contributed by atoms with Gasteiger partial charge in [-0.3, -0.25) is 0 Å². The lowest BCUT2D eigenvalue weighted by atomic mass is 9.95. The average Bonchev–Trinajstić information content (AvgIpc) is 3.04. The highest BCUT2D eigenvalue weighted by Crippen LogP contribution is 2.28. The van der Waals surface area contributed by atoms with Crippen LogP contribution in [0.25, 0.3) is 0 Å². The number of β-amino-alcohol motifs (C(OH)–C–C–N with tert-alkyl or cyclic N) is 1. The van der Waals surface area contributed by atoms with Gasteiger partial charge in [0.1, 0.15) is 23.8 Å². The number of piperidine rings is 1. The largest absolute Gasteiger partial charge is 0.387 e. The number of hydrogen-bond donors (Lipinski definition) is 1. The van der Waals surface area contributed by atoms with Crippen LogP contribution in [0.1, 0.15) is 43.2 Å². The molecule has 0 saturated carbocycles. The molecule has 1 saturated heterocycles. The summed E-state index contributed by atoms with van der Waals surface area (Å²) < 4.78 is 29.5. The van der Waals surface area contributed by atoms with Crippen LogP contribution in [-0.4, -0.2) is 44.4 Å². The van der Waals surface area contributed by atoms with Gasteiger partial charge in [0.25, 0.3) is 0 Å². The Morgan fingerprint density at radius 3 is 2.54 bits per heavy atom. The molecule has 7 heteroatoms. The first-order chi connectivity index (χ1) is 11.6. The Balaban J connectivity index is 1.59. The number of aryl methyl sites for hydroxylation is 1. The lowest BCUT2D eigenvalue weighted by Gasteiger charge is -2.32. The van der Waals surface area contributed by atoms with Crippen LogP contribution in [0.4, 0.5) is 8.78 Å². The first-order valence-electron chi connectivity index (χ1n) is 8.32. The molecule has 1 fully saturated rings. The van der Waals surface area contributed by atoms with E-state index in [1.54, 1.807) is 6.33 Å². The number of nitrogens with zero attached hydrogens (tertiary/aromatic N) is 4. The zero-order chi connectivity index (χ0) is 17.1. The number of rotatable bonds is 5. The van der Waals surface area contributed by atoms with E-state index < -0.39 is 17.7 Å². The maximum absolute atomic E-state index is 13.7. The predicted molar refractivity (Wildman–Crippen MR) is 85.4 cm³/mol. The van der Waals surface area contributed by atoms with Crippen molar-refractivity contribution in [1.29, 1.82) is 0 Å². The maximum atomic E-state index is 13.7. The lowest BCUT2D eigenvalue weighted by molar-refractivity contribution is 0.0911. The van der Waals surface area contributed by atoms with Crippen molar-refractivity contribution in [3.63, 3.8) is 0 Å². The summed E-state index contributed by atoms with van der Waals surface area (Å²) in [4.78, 5) is 2.04. The molecule has 1 aromatic carbocycles. The van der Waals surface area contributed by atoms with Crippen molar-refractivity contribution < 1.29 is 13.9 Å². The molecule has 130 valence electrons. The SMILES string of the molecule is CCn1cnnc1C1CCN(CC(O)c2c(F)cccc2F)CC1. The van der Waals surface area contributed by atoms with Gasteiger partial charge in [0.2, 0.25) is 0 Å². The Hall–Kier alpha value is -1.86.